The Bertz CT molecular complexity index is 411. The largest absolute Gasteiger partial charge is 0.491 e. The van der Waals surface area contributed by atoms with E-state index in [2.05, 4.69) is 49.4 Å². The molecule has 0 radical (unpaired) electrons. The fourth-order valence-electron chi connectivity index (χ4n) is 2.47. The fraction of sp³-hybridized carbons (Fsp3) is 0.444. The maximum Gasteiger partial charge on any atom is 0.115 e. The highest BCUT2D eigenvalue weighted by atomic mass is 16.5. The van der Waals surface area contributed by atoms with Crippen molar-refractivity contribution < 1.29 is 4.74 Å². The molecular weight excluding hydrogens is 232 g/mol. The molecule has 0 aromatic heterocycles. The summed E-state index contributed by atoms with van der Waals surface area (Å²) >= 11 is 0. The highest BCUT2D eigenvalue weighted by molar-refractivity contribution is 5.51. The molecule has 0 bridgehead atoms. The Labute approximate surface area is 117 Å². The lowest BCUT2D eigenvalue weighted by molar-refractivity contribution is 0.0896. The van der Waals surface area contributed by atoms with Gasteiger partial charge in [-0.1, -0.05) is 49.8 Å². The number of ether oxygens (including phenoxy) is 1. The molecule has 0 aliphatic heterocycles. The zero-order valence-corrected chi connectivity index (χ0v) is 11.8. The number of rotatable bonds is 5. The van der Waals surface area contributed by atoms with Crippen LogP contribution in [0.2, 0.25) is 0 Å². The van der Waals surface area contributed by atoms with Crippen molar-refractivity contribution in [3.63, 3.8) is 0 Å². The van der Waals surface area contributed by atoms with Crippen LogP contribution in [-0.2, 0) is 4.74 Å². The molecule has 102 valence electrons. The highest BCUT2D eigenvalue weighted by Crippen LogP contribution is 2.23. The molecule has 2 rings (SSSR count). The number of allylic oxidation sites excluding steroid dienone is 2. The van der Waals surface area contributed by atoms with E-state index in [-0.39, 0.29) is 0 Å². The summed E-state index contributed by atoms with van der Waals surface area (Å²) in [7, 11) is 0. The maximum atomic E-state index is 6.13. The van der Waals surface area contributed by atoms with Gasteiger partial charge in [0.25, 0.3) is 0 Å². The first-order valence-electron chi connectivity index (χ1n) is 7.48. The maximum absolute atomic E-state index is 6.13. The molecule has 0 atom stereocenters. The number of hydrogen-bond donors (Lipinski definition) is 0. The van der Waals surface area contributed by atoms with Gasteiger partial charge in [-0.25, -0.2) is 0 Å². The molecular formula is C18H24O. The van der Waals surface area contributed by atoms with Crippen LogP contribution in [-0.4, -0.2) is 6.10 Å². The Morgan fingerprint density at radius 1 is 1.16 bits per heavy atom. The van der Waals surface area contributed by atoms with Crippen molar-refractivity contribution in [3.05, 3.63) is 53.8 Å². The Balaban J connectivity index is 1.96. The summed E-state index contributed by atoms with van der Waals surface area (Å²) in [4.78, 5) is 0. The third kappa shape index (κ3) is 4.94. The molecule has 1 aromatic carbocycles. The van der Waals surface area contributed by atoms with Crippen molar-refractivity contribution in [2.75, 3.05) is 0 Å². The van der Waals surface area contributed by atoms with Crippen LogP contribution < -0.4 is 0 Å². The van der Waals surface area contributed by atoms with Crippen LogP contribution in [0.15, 0.2) is 48.2 Å². The van der Waals surface area contributed by atoms with Crippen LogP contribution in [0, 0.1) is 0 Å². The average molecular weight is 256 g/mol. The molecule has 1 aliphatic carbocycles. The number of hydrogen-bond acceptors (Lipinski definition) is 1. The van der Waals surface area contributed by atoms with E-state index >= 15 is 0 Å². The minimum Gasteiger partial charge on any atom is -0.491 e. The zero-order valence-electron chi connectivity index (χ0n) is 11.8. The predicted molar refractivity (Wildman–Crippen MR) is 81.8 cm³/mol. The van der Waals surface area contributed by atoms with Gasteiger partial charge in [-0.2, -0.15) is 0 Å². The summed E-state index contributed by atoms with van der Waals surface area (Å²) in [6, 6.07) is 10.4. The zero-order chi connectivity index (χ0) is 13.3. The Kier molecular flexibility index (Phi) is 5.74. The van der Waals surface area contributed by atoms with Crippen molar-refractivity contribution in [3.8, 4) is 0 Å². The van der Waals surface area contributed by atoms with Gasteiger partial charge in [0.1, 0.15) is 5.76 Å². The van der Waals surface area contributed by atoms with Crippen LogP contribution in [0.5, 0.6) is 0 Å². The third-order valence-corrected chi connectivity index (χ3v) is 3.50. The summed E-state index contributed by atoms with van der Waals surface area (Å²) in [6.45, 7) is 2.15. The van der Waals surface area contributed by atoms with Crippen molar-refractivity contribution >= 4 is 6.08 Å². The van der Waals surface area contributed by atoms with Crippen LogP contribution in [0.25, 0.3) is 6.08 Å². The molecule has 0 amide bonds. The van der Waals surface area contributed by atoms with Gasteiger partial charge < -0.3 is 4.74 Å². The second-order valence-corrected chi connectivity index (χ2v) is 5.14. The molecule has 1 saturated carbocycles. The molecule has 0 saturated heterocycles. The van der Waals surface area contributed by atoms with Crippen LogP contribution in [0.1, 0.15) is 51.0 Å². The van der Waals surface area contributed by atoms with E-state index in [1.807, 2.05) is 6.07 Å². The molecule has 1 aromatic rings. The molecule has 1 aliphatic rings. The van der Waals surface area contributed by atoms with E-state index in [4.69, 9.17) is 4.74 Å². The summed E-state index contributed by atoms with van der Waals surface area (Å²) in [5.41, 5.74) is 1.22. The fourth-order valence-corrected chi connectivity index (χ4v) is 2.47. The number of benzene rings is 1. The van der Waals surface area contributed by atoms with Gasteiger partial charge in [0.05, 0.1) is 6.10 Å². The standard InChI is InChI=1S/C18H24O/c1-2-9-17(19-18-12-7-4-8-13-18)15-14-16-10-5-3-6-11-16/h3,5-6,9-11,14-15,18H,2,4,7-8,12-13H2,1H3/b15-14+,17-9+. The second kappa shape index (κ2) is 7.83. The van der Waals surface area contributed by atoms with Gasteiger partial charge in [0.2, 0.25) is 0 Å². The van der Waals surface area contributed by atoms with E-state index in [9.17, 15) is 0 Å². The quantitative estimate of drug-likeness (QED) is 0.510. The SMILES string of the molecule is CC/C=C(\C=C\c1ccccc1)OC1CCCCC1. The van der Waals surface area contributed by atoms with E-state index in [1.54, 1.807) is 0 Å². The molecule has 1 nitrogen and oxygen atoms in total. The molecule has 19 heavy (non-hydrogen) atoms. The monoisotopic (exact) mass is 256 g/mol. The van der Waals surface area contributed by atoms with Gasteiger partial charge in [-0.3, -0.25) is 0 Å². The molecule has 0 spiro atoms. The molecule has 0 N–H and O–H groups in total. The minimum absolute atomic E-state index is 0.423. The molecule has 0 heterocycles. The normalized spacial score (nSPS) is 17.8. The lowest BCUT2D eigenvalue weighted by atomic mass is 9.98. The smallest absolute Gasteiger partial charge is 0.115 e. The van der Waals surface area contributed by atoms with Gasteiger partial charge in [-0.05, 0) is 49.8 Å². The summed E-state index contributed by atoms with van der Waals surface area (Å²) in [6.07, 6.45) is 14.3. The van der Waals surface area contributed by atoms with E-state index in [0.717, 1.165) is 12.2 Å². The highest BCUT2D eigenvalue weighted by Gasteiger charge is 2.14. The first kappa shape index (κ1) is 13.9. The van der Waals surface area contributed by atoms with E-state index < -0.39 is 0 Å². The van der Waals surface area contributed by atoms with Crippen LogP contribution in [0.4, 0.5) is 0 Å². The molecule has 0 unspecified atom stereocenters. The van der Waals surface area contributed by atoms with Crippen LogP contribution in [0.3, 0.4) is 0 Å². The summed E-state index contributed by atoms with van der Waals surface area (Å²) in [5, 5.41) is 0. The van der Waals surface area contributed by atoms with Crippen LogP contribution >= 0.6 is 0 Å². The summed E-state index contributed by atoms with van der Waals surface area (Å²) < 4.78 is 6.13. The Morgan fingerprint density at radius 2 is 1.89 bits per heavy atom. The van der Waals surface area contributed by atoms with Crippen molar-refractivity contribution in [2.45, 2.75) is 51.6 Å². The second-order valence-electron chi connectivity index (χ2n) is 5.14. The van der Waals surface area contributed by atoms with E-state index in [0.29, 0.717) is 6.10 Å². The van der Waals surface area contributed by atoms with Crippen molar-refractivity contribution in [1.29, 1.82) is 0 Å². The third-order valence-electron chi connectivity index (χ3n) is 3.50. The Morgan fingerprint density at radius 3 is 2.58 bits per heavy atom. The first-order valence-corrected chi connectivity index (χ1v) is 7.48. The van der Waals surface area contributed by atoms with Gasteiger partial charge in [0, 0.05) is 0 Å². The van der Waals surface area contributed by atoms with Crippen molar-refractivity contribution in [1.82, 2.24) is 0 Å². The lowest BCUT2D eigenvalue weighted by Crippen LogP contribution is -2.15. The van der Waals surface area contributed by atoms with E-state index in [1.165, 1.54) is 37.7 Å². The topological polar surface area (TPSA) is 9.23 Å². The Hall–Kier alpha value is -1.50. The summed E-state index contributed by atoms with van der Waals surface area (Å²) in [5.74, 6) is 1.03. The van der Waals surface area contributed by atoms with Crippen molar-refractivity contribution in [2.24, 2.45) is 0 Å². The van der Waals surface area contributed by atoms with Gasteiger partial charge >= 0.3 is 0 Å². The van der Waals surface area contributed by atoms with Gasteiger partial charge in [0.15, 0.2) is 0 Å². The average Bonchev–Trinajstić information content (AvgIpc) is 2.47. The lowest BCUT2D eigenvalue weighted by Gasteiger charge is -2.23. The predicted octanol–water partition coefficient (Wildman–Crippen LogP) is 5.34. The minimum atomic E-state index is 0.423. The molecule has 1 fully saturated rings. The van der Waals surface area contributed by atoms with Gasteiger partial charge in [-0.15, -0.1) is 0 Å². The first-order chi connectivity index (χ1) is 9.38. The molecule has 1 heteroatoms.